The number of carbonyl (C=O) groups excluding carboxylic acids is 1. The molecule has 0 aliphatic carbocycles. The topological polar surface area (TPSA) is 93.8 Å². The van der Waals surface area contributed by atoms with Crippen molar-refractivity contribution in [2.75, 3.05) is 5.32 Å². The van der Waals surface area contributed by atoms with Gasteiger partial charge in [0, 0.05) is 25.0 Å². The Morgan fingerprint density at radius 3 is 2.79 bits per heavy atom. The molecule has 5 aromatic rings. The van der Waals surface area contributed by atoms with Crippen LogP contribution in [0.4, 0.5) is 5.69 Å². The molecule has 0 aliphatic rings. The van der Waals surface area contributed by atoms with Crippen molar-refractivity contribution < 1.29 is 9.21 Å². The molecule has 0 aliphatic heterocycles. The number of hydrogen-bond acceptors (Lipinski definition) is 7. The van der Waals surface area contributed by atoms with Crippen LogP contribution in [0.3, 0.4) is 0 Å². The highest BCUT2D eigenvalue weighted by molar-refractivity contribution is 7.21. The molecule has 0 unspecified atom stereocenters. The summed E-state index contributed by atoms with van der Waals surface area (Å²) in [5, 5.41) is 3.51. The molecule has 7 nitrogen and oxygen atoms in total. The summed E-state index contributed by atoms with van der Waals surface area (Å²) in [7, 11) is 0. The van der Waals surface area contributed by atoms with Crippen LogP contribution in [-0.4, -0.2) is 25.8 Å². The van der Waals surface area contributed by atoms with Crippen molar-refractivity contribution >= 4 is 44.2 Å². The van der Waals surface area contributed by atoms with Gasteiger partial charge in [0.25, 0.3) is 5.91 Å². The van der Waals surface area contributed by atoms with Crippen LogP contribution in [0.25, 0.3) is 32.0 Å². The molecule has 0 atom stereocenters. The summed E-state index contributed by atoms with van der Waals surface area (Å²) in [6.07, 6.45) is 3.05. The summed E-state index contributed by atoms with van der Waals surface area (Å²) in [6, 6.07) is 13.1. The predicted octanol–water partition coefficient (Wildman–Crippen LogP) is 4.46. The molecule has 1 amide bonds. The summed E-state index contributed by atoms with van der Waals surface area (Å²) in [5.74, 6) is 0.215. The van der Waals surface area contributed by atoms with E-state index in [4.69, 9.17) is 4.42 Å². The molecule has 0 spiro atoms. The van der Waals surface area contributed by atoms with Gasteiger partial charge in [0.05, 0.1) is 10.2 Å². The van der Waals surface area contributed by atoms with Gasteiger partial charge in [-0.25, -0.2) is 19.9 Å². The molecule has 28 heavy (non-hydrogen) atoms. The Morgan fingerprint density at radius 2 is 1.89 bits per heavy atom. The van der Waals surface area contributed by atoms with Gasteiger partial charge in [-0.3, -0.25) is 4.79 Å². The van der Waals surface area contributed by atoms with E-state index in [0.717, 1.165) is 10.2 Å². The third kappa shape index (κ3) is 2.89. The van der Waals surface area contributed by atoms with Gasteiger partial charge >= 0.3 is 0 Å². The first kappa shape index (κ1) is 16.5. The van der Waals surface area contributed by atoms with Gasteiger partial charge in [0.1, 0.15) is 16.2 Å². The number of para-hydroxylation sites is 1. The van der Waals surface area contributed by atoms with Crippen molar-refractivity contribution in [3.63, 3.8) is 0 Å². The van der Waals surface area contributed by atoms with Crippen LogP contribution >= 0.6 is 11.3 Å². The molecule has 0 fully saturated rings. The van der Waals surface area contributed by atoms with Gasteiger partial charge in [-0.2, -0.15) is 0 Å². The first-order valence-electron chi connectivity index (χ1n) is 8.53. The lowest BCUT2D eigenvalue weighted by molar-refractivity contribution is 0.102. The summed E-state index contributed by atoms with van der Waals surface area (Å²) < 4.78 is 6.49. The summed E-state index contributed by atoms with van der Waals surface area (Å²) >= 11 is 1.48. The van der Waals surface area contributed by atoms with Crippen LogP contribution in [0, 0.1) is 6.92 Å². The number of anilines is 1. The molecule has 5 rings (SSSR count). The SMILES string of the molecule is Cc1nc2cc(NC(=O)c3nccnc3-c3nc4ccccc4s3)ccc2o1. The monoisotopic (exact) mass is 387 g/mol. The van der Waals surface area contributed by atoms with Crippen LogP contribution < -0.4 is 5.32 Å². The Bertz CT molecular complexity index is 1310. The van der Waals surface area contributed by atoms with Crippen LogP contribution in [0.15, 0.2) is 59.3 Å². The fraction of sp³-hybridized carbons (Fsp3) is 0.0500. The number of nitrogens with one attached hydrogen (secondary N) is 1. The average molecular weight is 387 g/mol. The van der Waals surface area contributed by atoms with Crippen LogP contribution in [-0.2, 0) is 0 Å². The van der Waals surface area contributed by atoms with E-state index >= 15 is 0 Å². The normalized spacial score (nSPS) is 11.2. The Hall–Kier alpha value is -3.65. The maximum Gasteiger partial charge on any atom is 0.276 e. The van der Waals surface area contributed by atoms with Crippen molar-refractivity contribution in [3.8, 4) is 10.7 Å². The Balaban J connectivity index is 1.50. The fourth-order valence-corrected chi connectivity index (χ4v) is 3.91. The van der Waals surface area contributed by atoms with Crippen molar-refractivity contribution in [2.45, 2.75) is 6.92 Å². The van der Waals surface area contributed by atoms with Gasteiger partial charge in [0.15, 0.2) is 17.2 Å². The van der Waals surface area contributed by atoms with E-state index in [2.05, 4.69) is 25.3 Å². The number of amides is 1. The number of aromatic nitrogens is 4. The van der Waals surface area contributed by atoms with Gasteiger partial charge in [0.2, 0.25) is 0 Å². The number of fused-ring (bicyclic) bond motifs is 2. The molecule has 2 aromatic carbocycles. The zero-order chi connectivity index (χ0) is 19.1. The maximum absolute atomic E-state index is 12.9. The summed E-state index contributed by atoms with van der Waals surface area (Å²) in [6.45, 7) is 1.78. The largest absolute Gasteiger partial charge is 0.441 e. The van der Waals surface area contributed by atoms with Gasteiger partial charge in [-0.05, 0) is 30.3 Å². The number of aryl methyl sites for hydroxylation is 1. The highest BCUT2D eigenvalue weighted by Gasteiger charge is 2.19. The first-order chi connectivity index (χ1) is 13.7. The molecule has 136 valence electrons. The minimum atomic E-state index is -0.359. The molecule has 0 saturated heterocycles. The zero-order valence-corrected chi connectivity index (χ0v) is 15.5. The van der Waals surface area contributed by atoms with E-state index in [1.54, 1.807) is 31.3 Å². The molecule has 0 saturated carbocycles. The van der Waals surface area contributed by atoms with E-state index in [-0.39, 0.29) is 11.6 Å². The number of oxazole rings is 1. The minimum absolute atomic E-state index is 0.220. The average Bonchev–Trinajstić information content (AvgIpc) is 3.30. The predicted molar refractivity (Wildman–Crippen MR) is 107 cm³/mol. The van der Waals surface area contributed by atoms with Gasteiger partial charge < -0.3 is 9.73 Å². The number of thiazole rings is 1. The summed E-state index contributed by atoms with van der Waals surface area (Å²) in [4.78, 5) is 30.4. The van der Waals surface area contributed by atoms with Crippen molar-refractivity contribution in [1.82, 2.24) is 19.9 Å². The van der Waals surface area contributed by atoms with Crippen molar-refractivity contribution in [3.05, 3.63) is 66.4 Å². The highest BCUT2D eigenvalue weighted by Crippen LogP contribution is 2.30. The summed E-state index contributed by atoms with van der Waals surface area (Å²) in [5.41, 5.74) is 3.50. The molecule has 0 radical (unpaired) electrons. The zero-order valence-electron chi connectivity index (χ0n) is 14.7. The number of benzene rings is 2. The standard InChI is InChI=1S/C20H13N5O2S/c1-11-23-14-10-12(6-7-15(14)27-11)24-19(26)17-18(22-9-8-21-17)20-25-13-4-2-3-5-16(13)28-20/h2-10H,1H3,(H,24,26). The number of rotatable bonds is 3. The van der Waals surface area contributed by atoms with Crippen LogP contribution in [0.1, 0.15) is 16.4 Å². The van der Waals surface area contributed by atoms with E-state index in [9.17, 15) is 4.79 Å². The molecule has 3 heterocycles. The Labute approximate surface area is 163 Å². The molecule has 1 N–H and O–H groups in total. The van der Waals surface area contributed by atoms with Crippen LogP contribution in [0.5, 0.6) is 0 Å². The van der Waals surface area contributed by atoms with E-state index in [1.165, 1.54) is 17.5 Å². The molecule has 8 heteroatoms. The third-order valence-corrected chi connectivity index (χ3v) is 5.21. The lowest BCUT2D eigenvalue weighted by Gasteiger charge is -2.06. The minimum Gasteiger partial charge on any atom is -0.441 e. The van der Waals surface area contributed by atoms with Gasteiger partial charge in [-0.15, -0.1) is 11.3 Å². The Kier molecular flexibility index (Phi) is 3.84. The third-order valence-electron chi connectivity index (χ3n) is 4.16. The van der Waals surface area contributed by atoms with Crippen LogP contribution in [0.2, 0.25) is 0 Å². The molecular weight excluding hydrogens is 374 g/mol. The Morgan fingerprint density at radius 1 is 1.04 bits per heavy atom. The molecule has 3 aromatic heterocycles. The van der Waals surface area contributed by atoms with Gasteiger partial charge in [-0.1, -0.05) is 12.1 Å². The number of hydrogen-bond donors (Lipinski definition) is 1. The van der Waals surface area contributed by atoms with E-state index in [0.29, 0.717) is 33.4 Å². The van der Waals surface area contributed by atoms with E-state index < -0.39 is 0 Å². The second-order valence-electron chi connectivity index (χ2n) is 6.11. The lowest BCUT2D eigenvalue weighted by atomic mass is 10.2. The van der Waals surface area contributed by atoms with Crippen molar-refractivity contribution in [2.24, 2.45) is 0 Å². The molecule has 0 bridgehead atoms. The van der Waals surface area contributed by atoms with Crippen molar-refractivity contribution in [1.29, 1.82) is 0 Å². The maximum atomic E-state index is 12.9. The fourth-order valence-electron chi connectivity index (χ4n) is 2.94. The number of nitrogens with zero attached hydrogens (tertiary/aromatic N) is 4. The second-order valence-corrected chi connectivity index (χ2v) is 7.14. The second kappa shape index (κ2) is 6.50. The quantitative estimate of drug-likeness (QED) is 0.491. The molecular formula is C20H13N5O2S. The van der Waals surface area contributed by atoms with E-state index in [1.807, 2.05) is 24.3 Å². The highest BCUT2D eigenvalue weighted by atomic mass is 32.1. The first-order valence-corrected chi connectivity index (χ1v) is 9.34. The smallest absolute Gasteiger partial charge is 0.276 e. The number of carbonyl (C=O) groups is 1. The lowest BCUT2D eigenvalue weighted by Crippen LogP contribution is -2.15.